The molecule has 0 spiro atoms. The highest BCUT2D eigenvalue weighted by Crippen LogP contribution is 2.30. The summed E-state index contributed by atoms with van der Waals surface area (Å²) in [5.41, 5.74) is 1.88. The van der Waals surface area contributed by atoms with Gasteiger partial charge in [0.1, 0.15) is 10.6 Å². The Kier molecular flexibility index (Phi) is 5.83. The molecule has 2 amide bonds. The minimum Gasteiger partial charge on any atom is -0.298 e. The fraction of sp³-hybridized carbons (Fsp3) is 0.100. The molecule has 1 aliphatic heterocycles. The highest BCUT2D eigenvalue weighted by Gasteiger charge is 2.32. The zero-order valence-electron chi connectivity index (χ0n) is 14.6. The van der Waals surface area contributed by atoms with Crippen molar-refractivity contribution in [3.8, 4) is 0 Å². The molecule has 1 fully saturated rings. The number of nitrogens with zero attached hydrogens (tertiary/aromatic N) is 2. The molecule has 0 radical (unpaired) electrons. The highest BCUT2D eigenvalue weighted by atomic mass is 32.2. The van der Waals surface area contributed by atoms with Crippen molar-refractivity contribution >= 4 is 47.0 Å². The number of pyridine rings is 1. The first-order valence-electron chi connectivity index (χ1n) is 8.19. The number of hydrogen-bond donors (Lipinski definition) is 1. The predicted octanol–water partition coefficient (Wildman–Crippen LogP) is 3.35. The number of carbonyl (C=O) groups excluding carboxylic acids is 2. The summed E-state index contributed by atoms with van der Waals surface area (Å²) in [7, 11) is 0. The number of nitrogens with one attached hydrogen (secondary N) is 1. The number of aromatic nitrogens is 1. The maximum atomic E-state index is 12.7. The summed E-state index contributed by atoms with van der Waals surface area (Å²) < 4.78 is 0. The van der Waals surface area contributed by atoms with Gasteiger partial charge in [-0.25, -0.2) is 4.98 Å². The van der Waals surface area contributed by atoms with Crippen molar-refractivity contribution in [1.82, 2.24) is 15.2 Å². The summed E-state index contributed by atoms with van der Waals surface area (Å²) >= 11 is 6.54. The first-order valence-corrected chi connectivity index (χ1v) is 9.41. The van der Waals surface area contributed by atoms with Gasteiger partial charge in [-0.2, -0.15) is 0 Å². The molecule has 0 unspecified atom stereocenters. The monoisotopic (exact) mass is 395 g/mol. The standard InChI is InChI=1S/C20H17N3O2S2/c1-3-11-23-19(25)16(17(24)22-20(23)26)12-14-5-4-10-21-18(14)27-15-8-6-13(2)7-9-15/h3-10,12H,1,11H2,2H3,(H,22,24,26)/b16-12+. The third-order valence-corrected chi connectivity index (χ3v) is 5.20. The van der Waals surface area contributed by atoms with Crippen LogP contribution in [0.2, 0.25) is 0 Å². The van der Waals surface area contributed by atoms with Crippen LogP contribution in [-0.4, -0.2) is 33.4 Å². The van der Waals surface area contributed by atoms with E-state index in [-0.39, 0.29) is 17.2 Å². The number of benzene rings is 1. The topological polar surface area (TPSA) is 62.3 Å². The van der Waals surface area contributed by atoms with E-state index in [0.29, 0.717) is 10.6 Å². The van der Waals surface area contributed by atoms with Crippen LogP contribution in [0.3, 0.4) is 0 Å². The van der Waals surface area contributed by atoms with Gasteiger partial charge in [-0.15, -0.1) is 6.58 Å². The number of hydrogen-bond acceptors (Lipinski definition) is 5. The summed E-state index contributed by atoms with van der Waals surface area (Å²) in [6.45, 7) is 5.87. The molecule has 0 aliphatic carbocycles. The maximum Gasteiger partial charge on any atom is 0.265 e. The van der Waals surface area contributed by atoms with E-state index in [1.165, 1.54) is 22.2 Å². The van der Waals surface area contributed by atoms with Gasteiger partial charge in [-0.3, -0.25) is 19.8 Å². The van der Waals surface area contributed by atoms with Crippen LogP contribution in [0.25, 0.3) is 6.08 Å². The van der Waals surface area contributed by atoms with E-state index in [9.17, 15) is 9.59 Å². The first kappa shape index (κ1) is 19.0. The van der Waals surface area contributed by atoms with Crippen molar-refractivity contribution in [2.24, 2.45) is 0 Å². The lowest BCUT2D eigenvalue weighted by Crippen LogP contribution is -2.53. The molecule has 1 aromatic carbocycles. The van der Waals surface area contributed by atoms with Gasteiger partial charge in [0.25, 0.3) is 11.8 Å². The average Bonchev–Trinajstić information content (AvgIpc) is 2.65. The molecule has 136 valence electrons. The van der Waals surface area contributed by atoms with Crippen LogP contribution in [0.4, 0.5) is 0 Å². The minimum absolute atomic E-state index is 0.0178. The normalized spacial score (nSPS) is 15.8. The third kappa shape index (κ3) is 4.32. The van der Waals surface area contributed by atoms with E-state index in [4.69, 9.17) is 12.2 Å². The van der Waals surface area contributed by atoms with E-state index in [1.54, 1.807) is 24.4 Å². The molecule has 1 saturated heterocycles. The molecule has 1 aromatic heterocycles. The number of thiocarbonyl (C=S) groups is 1. The van der Waals surface area contributed by atoms with E-state index < -0.39 is 11.8 Å². The van der Waals surface area contributed by atoms with Gasteiger partial charge in [-0.1, -0.05) is 41.6 Å². The highest BCUT2D eigenvalue weighted by molar-refractivity contribution is 7.99. The van der Waals surface area contributed by atoms with Crippen LogP contribution < -0.4 is 5.32 Å². The van der Waals surface area contributed by atoms with Crippen molar-refractivity contribution < 1.29 is 9.59 Å². The molecule has 1 aliphatic rings. The van der Waals surface area contributed by atoms with Crippen molar-refractivity contribution in [2.75, 3.05) is 6.54 Å². The quantitative estimate of drug-likeness (QED) is 0.364. The molecule has 0 atom stereocenters. The zero-order chi connectivity index (χ0) is 19.4. The van der Waals surface area contributed by atoms with Crippen LogP contribution in [0.5, 0.6) is 0 Å². The largest absolute Gasteiger partial charge is 0.298 e. The Morgan fingerprint density at radius 3 is 2.70 bits per heavy atom. The molecule has 3 rings (SSSR count). The molecule has 0 saturated carbocycles. The summed E-state index contributed by atoms with van der Waals surface area (Å²) in [5.74, 6) is -0.959. The molecule has 2 heterocycles. The Hall–Kier alpha value is -2.77. The second-order valence-electron chi connectivity index (χ2n) is 5.83. The second-order valence-corrected chi connectivity index (χ2v) is 7.28. The molecular formula is C20H17N3O2S2. The van der Waals surface area contributed by atoms with E-state index in [0.717, 1.165) is 4.90 Å². The van der Waals surface area contributed by atoms with Crippen molar-refractivity contribution in [2.45, 2.75) is 16.8 Å². The third-order valence-electron chi connectivity index (χ3n) is 3.83. The fourth-order valence-electron chi connectivity index (χ4n) is 2.46. The van der Waals surface area contributed by atoms with Gasteiger partial charge in [-0.05, 0) is 43.4 Å². The van der Waals surface area contributed by atoms with Crippen LogP contribution in [0, 0.1) is 6.92 Å². The van der Waals surface area contributed by atoms with Crippen molar-refractivity contribution in [1.29, 1.82) is 0 Å². The Morgan fingerprint density at radius 1 is 1.26 bits per heavy atom. The lowest BCUT2D eigenvalue weighted by Gasteiger charge is -2.27. The second kappa shape index (κ2) is 8.28. The Morgan fingerprint density at radius 2 is 2.00 bits per heavy atom. The van der Waals surface area contributed by atoms with Gasteiger partial charge >= 0.3 is 0 Å². The lowest BCUT2D eigenvalue weighted by molar-refractivity contribution is -0.128. The summed E-state index contributed by atoms with van der Waals surface area (Å²) in [6.07, 6.45) is 4.79. The van der Waals surface area contributed by atoms with Crippen LogP contribution in [0.1, 0.15) is 11.1 Å². The SMILES string of the molecule is C=CCN1C(=O)/C(=C/c2cccnc2Sc2ccc(C)cc2)C(=O)NC1=S. The first-order chi connectivity index (χ1) is 13.0. The van der Waals surface area contributed by atoms with Gasteiger partial charge in [0.15, 0.2) is 5.11 Å². The Bertz CT molecular complexity index is 952. The fourth-order valence-corrected chi connectivity index (χ4v) is 3.56. The van der Waals surface area contributed by atoms with E-state index >= 15 is 0 Å². The van der Waals surface area contributed by atoms with Crippen molar-refractivity contribution in [3.63, 3.8) is 0 Å². The van der Waals surface area contributed by atoms with Gasteiger partial charge < -0.3 is 0 Å². The van der Waals surface area contributed by atoms with E-state index in [2.05, 4.69) is 16.9 Å². The summed E-state index contributed by atoms with van der Waals surface area (Å²) in [5, 5.41) is 3.34. The predicted molar refractivity (Wildman–Crippen MR) is 110 cm³/mol. The van der Waals surface area contributed by atoms with Gasteiger partial charge in [0.2, 0.25) is 0 Å². The number of carbonyl (C=O) groups is 2. The van der Waals surface area contributed by atoms with Crippen LogP contribution in [-0.2, 0) is 9.59 Å². The molecule has 27 heavy (non-hydrogen) atoms. The number of aryl methyl sites for hydroxylation is 1. The average molecular weight is 396 g/mol. The molecular weight excluding hydrogens is 378 g/mol. The maximum absolute atomic E-state index is 12.7. The Balaban J connectivity index is 1.95. The van der Waals surface area contributed by atoms with Crippen LogP contribution in [0.15, 0.2) is 70.7 Å². The summed E-state index contributed by atoms with van der Waals surface area (Å²) in [6, 6.07) is 11.7. The molecule has 2 aromatic rings. The smallest absolute Gasteiger partial charge is 0.265 e. The molecule has 1 N–H and O–H groups in total. The molecule has 5 nitrogen and oxygen atoms in total. The van der Waals surface area contributed by atoms with E-state index in [1.807, 2.05) is 37.3 Å². The molecule has 0 bridgehead atoms. The van der Waals surface area contributed by atoms with Crippen LogP contribution >= 0.6 is 24.0 Å². The minimum atomic E-state index is -0.513. The summed E-state index contributed by atoms with van der Waals surface area (Å²) in [4.78, 5) is 31.7. The van der Waals surface area contributed by atoms with Gasteiger partial charge in [0, 0.05) is 23.2 Å². The molecule has 7 heteroatoms. The van der Waals surface area contributed by atoms with Crippen molar-refractivity contribution in [3.05, 3.63) is 72.0 Å². The zero-order valence-corrected chi connectivity index (χ0v) is 16.3. The number of rotatable bonds is 5. The van der Waals surface area contributed by atoms with Gasteiger partial charge in [0.05, 0.1) is 0 Å². The lowest BCUT2D eigenvalue weighted by atomic mass is 10.1. The Labute approximate surface area is 167 Å². The number of amides is 2.